The van der Waals surface area contributed by atoms with E-state index in [1.54, 1.807) is 6.07 Å². The molecule has 0 unspecified atom stereocenters. The largest absolute Gasteiger partial charge is 0.312 e. The first-order valence-corrected chi connectivity index (χ1v) is 2.58. The van der Waals surface area contributed by atoms with Crippen molar-refractivity contribution in [1.82, 2.24) is 5.32 Å². The van der Waals surface area contributed by atoms with Crippen LogP contribution < -0.4 is 5.32 Å². The predicted octanol–water partition coefficient (Wildman–Crippen LogP) is 0.212. The number of hydrogen-bond acceptors (Lipinski definition) is 2. The van der Waals surface area contributed by atoms with Gasteiger partial charge in [0.1, 0.15) is 6.07 Å². The van der Waals surface area contributed by atoms with Gasteiger partial charge in [-0.05, 0) is 6.54 Å². The Kier molecular flexibility index (Phi) is 1.18. The Bertz CT molecular complexity index is 121. The summed E-state index contributed by atoms with van der Waals surface area (Å²) in [4.78, 5) is 0. The van der Waals surface area contributed by atoms with Crippen LogP contribution in [0.3, 0.4) is 0 Å². The topological polar surface area (TPSA) is 35.8 Å². The summed E-state index contributed by atoms with van der Waals surface area (Å²) in [5.41, 5.74) is -1.57. The number of alkyl halides is 1. The molecule has 0 amide bonds. The molecule has 0 spiro atoms. The number of rotatable bonds is 0. The monoisotopic (exact) mass is 114 g/mol. The van der Waals surface area contributed by atoms with Crippen molar-refractivity contribution in [3.05, 3.63) is 0 Å². The molecule has 0 aromatic heterocycles. The highest BCUT2D eigenvalue weighted by atomic mass is 19.1. The molecule has 1 rings (SSSR count). The van der Waals surface area contributed by atoms with Gasteiger partial charge in [0.2, 0.25) is 5.67 Å². The third kappa shape index (κ3) is 0.797. The van der Waals surface area contributed by atoms with Gasteiger partial charge in [0.15, 0.2) is 0 Å². The average molecular weight is 114 g/mol. The molecule has 0 aliphatic carbocycles. The third-order valence-electron chi connectivity index (χ3n) is 1.30. The van der Waals surface area contributed by atoms with Gasteiger partial charge in [0, 0.05) is 13.0 Å². The molecular weight excluding hydrogens is 107 g/mol. The van der Waals surface area contributed by atoms with Gasteiger partial charge in [-0.1, -0.05) is 0 Å². The van der Waals surface area contributed by atoms with E-state index in [0.717, 1.165) is 0 Å². The number of nitrogens with zero attached hydrogens (tertiary/aromatic N) is 1. The van der Waals surface area contributed by atoms with Gasteiger partial charge in [-0.2, -0.15) is 5.26 Å². The quantitative estimate of drug-likeness (QED) is 0.488. The second kappa shape index (κ2) is 1.71. The Morgan fingerprint density at radius 3 is 2.75 bits per heavy atom. The maximum atomic E-state index is 12.6. The fourth-order valence-corrected chi connectivity index (χ4v) is 0.757. The predicted molar refractivity (Wildman–Crippen MR) is 26.9 cm³/mol. The van der Waals surface area contributed by atoms with E-state index in [4.69, 9.17) is 5.26 Å². The van der Waals surface area contributed by atoms with E-state index >= 15 is 0 Å². The van der Waals surface area contributed by atoms with Crippen molar-refractivity contribution in [2.24, 2.45) is 0 Å². The molecule has 1 aliphatic heterocycles. The summed E-state index contributed by atoms with van der Waals surface area (Å²) in [7, 11) is 0. The van der Waals surface area contributed by atoms with Crippen LogP contribution in [-0.2, 0) is 0 Å². The molecule has 0 radical (unpaired) electrons. The summed E-state index contributed by atoms with van der Waals surface area (Å²) in [6, 6.07) is 1.61. The van der Waals surface area contributed by atoms with Crippen LogP contribution >= 0.6 is 0 Å². The third-order valence-corrected chi connectivity index (χ3v) is 1.30. The van der Waals surface area contributed by atoms with Gasteiger partial charge in [0.25, 0.3) is 0 Å². The Hall–Kier alpha value is -0.620. The standard InChI is InChI=1S/C5H7FN2/c6-5(3-7)1-2-8-4-5/h8H,1-2,4H2/t5-/m0/s1. The van der Waals surface area contributed by atoms with Crippen LogP contribution in [0.15, 0.2) is 0 Å². The molecular formula is C5H7FN2. The van der Waals surface area contributed by atoms with E-state index in [2.05, 4.69) is 5.32 Å². The highest BCUT2D eigenvalue weighted by molar-refractivity contribution is 5.05. The highest BCUT2D eigenvalue weighted by Gasteiger charge is 2.32. The smallest absolute Gasteiger partial charge is 0.209 e. The molecule has 3 heteroatoms. The normalized spacial score (nSPS) is 37.0. The Balaban J connectivity index is 2.56. The van der Waals surface area contributed by atoms with E-state index in [1.165, 1.54) is 0 Å². The highest BCUT2D eigenvalue weighted by Crippen LogP contribution is 2.17. The van der Waals surface area contributed by atoms with Gasteiger partial charge in [-0.15, -0.1) is 0 Å². The van der Waals surface area contributed by atoms with Crippen molar-refractivity contribution < 1.29 is 4.39 Å². The van der Waals surface area contributed by atoms with Crippen molar-refractivity contribution in [2.45, 2.75) is 12.1 Å². The molecule has 0 bridgehead atoms. The molecule has 1 fully saturated rings. The first-order valence-electron chi connectivity index (χ1n) is 2.58. The number of nitrogens with one attached hydrogen (secondary N) is 1. The van der Waals surface area contributed by atoms with Crippen molar-refractivity contribution in [2.75, 3.05) is 13.1 Å². The van der Waals surface area contributed by atoms with E-state index < -0.39 is 5.67 Å². The molecule has 0 saturated carbocycles. The van der Waals surface area contributed by atoms with E-state index in [9.17, 15) is 4.39 Å². The van der Waals surface area contributed by atoms with E-state index in [1.807, 2.05) is 0 Å². The average Bonchev–Trinajstić information content (AvgIpc) is 2.17. The lowest BCUT2D eigenvalue weighted by molar-refractivity contribution is 0.268. The van der Waals surface area contributed by atoms with Crippen molar-refractivity contribution in [1.29, 1.82) is 5.26 Å². The molecule has 8 heavy (non-hydrogen) atoms. The second-order valence-corrected chi connectivity index (χ2v) is 2.00. The maximum Gasteiger partial charge on any atom is 0.209 e. The second-order valence-electron chi connectivity index (χ2n) is 2.00. The van der Waals surface area contributed by atoms with Crippen molar-refractivity contribution in [3.63, 3.8) is 0 Å². The van der Waals surface area contributed by atoms with Crippen molar-refractivity contribution in [3.8, 4) is 6.07 Å². The fourth-order valence-electron chi connectivity index (χ4n) is 0.757. The molecule has 0 aromatic rings. The summed E-state index contributed by atoms with van der Waals surface area (Å²) < 4.78 is 12.6. The Morgan fingerprint density at radius 2 is 2.50 bits per heavy atom. The van der Waals surface area contributed by atoms with Crippen LogP contribution in [0.1, 0.15) is 6.42 Å². The maximum absolute atomic E-state index is 12.6. The van der Waals surface area contributed by atoms with Gasteiger partial charge < -0.3 is 5.32 Å². The van der Waals surface area contributed by atoms with Crippen LogP contribution in [0.5, 0.6) is 0 Å². The molecule has 44 valence electrons. The van der Waals surface area contributed by atoms with E-state index in [0.29, 0.717) is 13.0 Å². The minimum Gasteiger partial charge on any atom is -0.312 e. The Labute approximate surface area is 47.3 Å². The number of nitriles is 1. The van der Waals surface area contributed by atoms with Gasteiger partial charge in [0.05, 0.1) is 0 Å². The fraction of sp³-hybridized carbons (Fsp3) is 0.800. The zero-order valence-electron chi connectivity index (χ0n) is 4.45. The van der Waals surface area contributed by atoms with E-state index in [-0.39, 0.29) is 6.54 Å². The summed E-state index contributed by atoms with van der Waals surface area (Å²) in [5, 5.41) is 10.9. The molecule has 2 nitrogen and oxygen atoms in total. The molecule has 1 N–H and O–H groups in total. The summed E-state index contributed by atoms with van der Waals surface area (Å²) in [6.07, 6.45) is 0.337. The van der Waals surface area contributed by atoms with Crippen LogP contribution in [0.2, 0.25) is 0 Å². The molecule has 1 aliphatic rings. The van der Waals surface area contributed by atoms with Gasteiger partial charge >= 0.3 is 0 Å². The SMILES string of the molecule is N#C[C@@]1(F)CCNC1. The first-order chi connectivity index (χ1) is 3.77. The van der Waals surface area contributed by atoms with Crippen LogP contribution in [0.4, 0.5) is 4.39 Å². The van der Waals surface area contributed by atoms with Crippen molar-refractivity contribution >= 4 is 0 Å². The number of halogens is 1. The Morgan fingerprint density at radius 1 is 1.75 bits per heavy atom. The molecule has 1 saturated heterocycles. The summed E-state index contributed by atoms with van der Waals surface area (Å²) in [5.74, 6) is 0. The minimum absolute atomic E-state index is 0.198. The molecule has 1 heterocycles. The van der Waals surface area contributed by atoms with Crippen LogP contribution in [0, 0.1) is 11.3 Å². The lowest BCUT2D eigenvalue weighted by Crippen LogP contribution is -2.22. The molecule has 0 aromatic carbocycles. The zero-order chi connectivity index (χ0) is 6.04. The van der Waals surface area contributed by atoms with Gasteiger partial charge in [-0.3, -0.25) is 0 Å². The summed E-state index contributed by atoms with van der Waals surface area (Å²) in [6.45, 7) is 0.827. The zero-order valence-corrected chi connectivity index (χ0v) is 4.45. The first kappa shape index (κ1) is 5.52. The lowest BCUT2D eigenvalue weighted by Gasteiger charge is -2.03. The minimum atomic E-state index is -1.57. The summed E-state index contributed by atoms with van der Waals surface area (Å²) >= 11 is 0. The lowest BCUT2D eigenvalue weighted by atomic mass is 10.1. The number of hydrogen-bond donors (Lipinski definition) is 1. The van der Waals surface area contributed by atoms with Gasteiger partial charge in [-0.25, -0.2) is 4.39 Å². The van der Waals surface area contributed by atoms with Crippen LogP contribution in [0.25, 0.3) is 0 Å². The van der Waals surface area contributed by atoms with Crippen LogP contribution in [-0.4, -0.2) is 18.8 Å². The molecule has 1 atom stereocenters.